The number of benzene rings is 2. The molecule has 1 fully saturated rings. The van der Waals surface area contributed by atoms with Crippen molar-refractivity contribution < 1.29 is 27.5 Å². The van der Waals surface area contributed by atoms with Crippen LogP contribution < -0.4 is 5.32 Å². The zero-order valence-electron chi connectivity index (χ0n) is 20.3. The number of rotatable bonds is 7. The quantitative estimate of drug-likeness (QED) is 0.455. The van der Waals surface area contributed by atoms with Gasteiger partial charge in [0.25, 0.3) is 11.8 Å². The monoisotopic (exact) mass is 542 g/mol. The highest BCUT2D eigenvalue weighted by molar-refractivity contribution is 7.89. The van der Waals surface area contributed by atoms with E-state index in [1.807, 2.05) is 13.8 Å². The van der Waals surface area contributed by atoms with Gasteiger partial charge in [0.15, 0.2) is 5.13 Å². The van der Waals surface area contributed by atoms with Gasteiger partial charge in [-0.1, -0.05) is 43.7 Å². The van der Waals surface area contributed by atoms with Crippen LogP contribution in [0.2, 0.25) is 0 Å². The first-order chi connectivity index (χ1) is 17.7. The van der Waals surface area contributed by atoms with E-state index in [1.54, 1.807) is 36.4 Å². The van der Waals surface area contributed by atoms with E-state index in [0.29, 0.717) is 42.9 Å². The molecule has 3 aromatic rings. The van der Waals surface area contributed by atoms with Crippen molar-refractivity contribution in [1.29, 1.82) is 0 Å². The highest BCUT2D eigenvalue weighted by atomic mass is 32.2. The fraction of sp³-hybridized carbons (Fsp3) is 0.360. The van der Waals surface area contributed by atoms with Crippen LogP contribution in [0.4, 0.5) is 5.13 Å². The first-order valence-corrected chi connectivity index (χ1v) is 14.2. The minimum atomic E-state index is -3.68. The lowest BCUT2D eigenvalue weighted by Gasteiger charge is -2.29. The summed E-state index contributed by atoms with van der Waals surface area (Å²) in [4.78, 5) is 45.2. The number of anilines is 1. The summed E-state index contributed by atoms with van der Waals surface area (Å²) in [5.74, 6) is -1.82. The van der Waals surface area contributed by atoms with Gasteiger partial charge < -0.3 is 10.1 Å². The van der Waals surface area contributed by atoms with Crippen LogP contribution in [-0.2, 0) is 19.6 Å². The summed E-state index contributed by atoms with van der Waals surface area (Å²) < 4.78 is 33.3. The van der Waals surface area contributed by atoms with Crippen LogP contribution in [0.25, 0.3) is 10.2 Å². The highest BCUT2D eigenvalue weighted by Crippen LogP contribution is 2.32. The summed E-state index contributed by atoms with van der Waals surface area (Å²) in [6, 6.07) is 10.1. The van der Waals surface area contributed by atoms with E-state index < -0.39 is 33.8 Å². The van der Waals surface area contributed by atoms with Crippen LogP contribution in [0, 0.1) is 5.92 Å². The zero-order chi connectivity index (χ0) is 26.3. The second kappa shape index (κ2) is 9.93. The fourth-order valence-electron chi connectivity index (χ4n) is 4.55. The first-order valence-electron chi connectivity index (χ1n) is 12.0. The van der Waals surface area contributed by atoms with Crippen molar-refractivity contribution in [3.63, 3.8) is 0 Å². The number of sulfonamides is 1. The highest BCUT2D eigenvalue weighted by Gasteiger charge is 2.44. The Labute approximate surface area is 218 Å². The van der Waals surface area contributed by atoms with Crippen LogP contribution in [0.5, 0.6) is 0 Å². The van der Waals surface area contributed by atoms with Gasteiger partial charge in [-0.05, 0) is 36.2 Å². The summed E-state index contributed by atoms with van der Waals surface area (Å²) in [5, 5.41) is 3.01. The van der Waals surface area contributed by atoms with Crippen molar-refractivity contribution >= 4 is 54.4 Å². The standard InChI is InChI=1S/C25H26N4O6S2/c1-3-15(2)21(29-23(31)17-6-4-5-7-18(17)24(29)32)22(30)27-25-26-19-9-8-16(14-20(19)36-25)37(33,34)28-10-12-35-13-11-28/h4-9,14-15,21H,3,10-13H2,1-2H3,(H,26,27,30). The molecule has 1 saturated heterocycles. The van der Waals surface area contributed by atoms with Crippen molar-refractivity contribution in [1.82, 2.24) is 14.2 Å². The van der Waals surface area contributed by atoms with Crippen molar-refractivity contribution in [2.75, 3.05) is 31.6 Å². The molecule has 12 heteroatoms. The minimum Gasteiger partial charge on any atom is -0.379 e. The third-order valence-corrected chi connectivity index (χ3v) is 9.58. The topological polar surface area (TPSA) is 126 Å². The molecule has 0 spiro atoms. The van der Waals surface area contributed by atoms with E-state index in [4.69, 9.17) is 4.74 Å². The maximum Gasteiger partial charge on any atom is 0.262 e. The Balaban J connectivity index is 1.41. The lowest BCUT2D eigenvalue weighted by molar-refractivity contribution is -0.121. The molecular formula is C25H26N4O6S2. The number of aromatic nitrogens is 1. The molecule has 1 N–H and O–H groups in total. The molecule has 5 rings (SSSR count). The van der Waals surface area contributed by atoms with Crippen molar-refractivity contribution in [3.05, 3.63) is 53.6 Å². The molecular weight excluding hydrogens is 516 g/mol. The van der Waals surface area contributed by atoms with E-state index in [-0.39, 0.29) is 27.1 Å². The molecule has 0 radical (unpaired) electrons. The molecule has 0 aliphatic carbocycles. The molecule has 10 nitrogen and oxygen atoms in total. The number of amides is 3. The predicted molar refractivity (Wildman–Crippen MR) is 138 cm³/mol. The first kappa shape index (κ1) is 25.5. The Morgan fingerprint density at radius 1 is 1.11 bits per heavy atom. The third kappa shape index (κ3) is 4.54. The number of hydrogen-bond donors (Lipinski definition) is 1. The lowest BCUT2D eigenvalue weighted by atomic mass is 9.96. The van der Waals surface area contributed by atoms with Gasteiger partial charge in [-0.2, -0.15) is 4.31 Å². The number of imide groups is 1. The Morgan fingerprint density at radius 3 is 2.38 bits per heavy atom. The smallest absolute Gasteiger partial charge is 0.262 e. The third-order valence-electron chi connectivity index (χ3n) is 6.75. The summed E-state index contributed by atoms with van der Waals surface area (Å²) in [6.45, 7) is 4.98. The SMILES string of the molecule is CCC(C)C(C(=O)Nc1nc2ccc(S(=O)(=O)N3CCOCC3)cc2s1)N1C(=O)c2ccccc2C1=O. The Kier molecular flexibility index (Phi) is 6.84. The molecule has 2 unspecified atom stereocenters. The molecule has 2 aromatic carbocycles. The number of carbonyl (C=O) groups is 3. The summed E-state index contributed by atoms with van der Waals surface area (Å²) in [6.07, 6.45) is 0.564. The van der Waals surface area contributed by atoms with Crippen molar-refractivity contribution in [2.24, 2.45) is 5.92 Å². The number of fused-ring (bicyclic) bond motifs is 2. The van der Waals surface area contributed by atoms with Crippen molar-refractivity contribution in [2.45, 2.75) is 31.2 Å². The van der Waals surface area contributed by atoms with E-state index >= 15 is 0 Å². The number of morpholine rings is 1. The second-order valence-corrected chi connectivity index (χ2v) is 12.0. The Hall–Kier alpha value is -3.19. The summed E-state index contributed by atoms with van der Waals surface area (Å²) in [7, 11) is -3.68. The Bertz CT molecular complexity index is 1460. The van der Waals surface area contributed by atoms with Gasteiger partial charge in [0, 0.05) is 13.1 Å². The average Bonchev–Trinajstić information content (AvgIpc) is 3.42. The van der Waals surface area contributed by atoms with Crippen LogP contribution in [0.3, 0.4) is 0 Å². The molecule has 0 bridgehead atoms. The van der Waals surface area contributed by atoms with Crippen LogP contribution in [0.15, 0.2) is 47.4 Å². The molecule has 194 valence electrons. The number of ether oxygens (including phenoxy) is 1. The number of nitrogens with one attached hydrogen (secondary N) is 1. The van der Waals surface area contributed by atoms with Crippen LogP contribution in [0.1, 0.15) is 41.0 Å². The predicted octanol–water partition coefficient (Wildman–Crippen LogP) is 2.97. The van der Waals surface area contributed by atoms with Gasteiger partial charge in [-0.3, -0.25) is 19.3 Å². The van der Waals surface area contributed by atoms with Gasteiger partial charge in [-0.15, -0.1) is 0 Å². The van der Waals surface area contributed by atoms with Gasteiger partial charge in [0.1, 0.15) is 6.04 Å². The number of hydrogen-bond acceptors (Lipinski definition) is 8. The van der Waals surface area contributed by atoms with Crippen LogP contribution in [-0.4, -0.2) is 72.7 Å². The number of thiazole rings is 1. The van der Waals surface area contributed by atoms with Gasteiger partial charge in [-0.25, -0.2) is 13.4 Å². The maximum atomic E-state index is 13.4. The number of nitrogens with zero attached hydrogens (tertiary/aromatic N) is 3. The molecule has 2 aliphatic heterocycles. The largest absolute Gasteiger partial charge is 0.379 e. The van der Waals surface area contributed by atoms with Gasteiger partial charge in [0.2, 0.25) is 15.9 Å². The molecule has 1 aromatic heterocycles. The average molecular weight is 543 g/mol. The maximum absolute atomic E-state index is 13.4. The molecule has 2 atom stereocenters. The van der Waals surface area contributed by atoms with E-state index in [9.17, 15) is 22.8 Å². The molecule has 2 aliphatic rings. The normalized spacial score (nSPS) is 18.2. The minimum absolute atomic E-state index is 0.145. The van der Waals surface area contributed by atoms with Crippen molar-refractivity contribution in [3.8, 4) is 0 Å². The second-order valence-electron chi connectivity index (χ2n) is 9.01. The van der Waals surface area contributed by atoms with Crippen LogP contribution >= 0.6 is 11.3 Å². The molecule has 0 saturated carbocycles. The fourth-order valence-corrected chi connectivity index (χ4v) is 6.97. The Morgan fingerprint density at radius 2 is 1.76 bits per heavy atom. The molecule has 3 heterocycles. The van der Waals surface area contributed by atoms with E-state index in [0.717, 1.165) is 16.2 Å². The van der Waals surface area contributed by atoms with Gasteiger partial charge in [0.05, 0.1) is 39.5 Å². The summed E-state index contributed by atoms with van der Waals surface area (Å²) >= 11 is 1.13. The lowest BCUT2D eigenvalue weighted by Crippen LogP contribution is -2.50. The molecule has 37 heavy (non-hydrogen) atoms. The van der Waals surface area contributed by atoms with E-state index in [1.165, 1.54) is 10.4 Å². The zero-order valence-corrected chi connectivity index (χ0v) is 22.0. The molecule has 3 amide bonds. The number of carbonyl (C=O) groups excluding carboxylic acids is 3. The summed E-state index contributed by atoms with van der Waals surface area (Å²) in [5.41, 5.74) is 1.09. The van der Waals surface area contributed by atoms with E-state index in [2.05, 4.69) is 10.3 Å². The van der Waals surface area contributed by atoms with Gasteiger partial charge >= 0.3 is 0 Å².